The molecule has 0 saturated carbocycles. The highest BCUT2D eigenvalue weighted by atomic mass is 32.2. The maximum Gasteiger partial charge on any atom is 0.214 e. The van der Waals surface area contributed by atoms with Crippen molar-refractivity contribution in [3.05, 3.63) is 28.1 Å². The molecule has 0 aliphatic heterocycles. The van der Waals surface area contributed by atoms with E-state index in [0.29, 0.717) is 5.01 Å². The zero-order valence-corrected chi connectivity index (χ0v) is 7.61. The molecule has 2 nitrogen and oxygen atoms in total. The zero-order valence-electron chi connectivity index (χ0n) is 5.98. The molecule has 58 valence electrons. The molecule has 0 aliphatic carbocycles. The summed E-state index contributed by atoms with van der Waals surface area (Å²) >= 11 is 2.86. The van der Waals surface area contributed by atoms with Crippen LogP contribution in [0.25, 0.3) is 0 Å². The minimum absolute atomic E-state index is 0.0191. The zero-order chi connectivity index (χ0) is 8.10. The third kappa shape index (κ3) is 2.48. The highest BCUT2D eigenvalue weighted by Gasteiger charge is 2.01. The second-order valence-electron chi connectivity index (χ2n) is 1.74. The van der Waals surface area contributed by atoms with E-state index >= 15 is 0 Å². The fourth-order valence-electron chi connectivity index (χ4n) is 0.546. The maximum atomic E-state index is 11.1. The third-order valence-corrected chi connectivity index (χ3v) is 2.19. The molecule has 1 heterocycles. The first-order valence-electron chi connectivity index (χ1n) is 2.98. The molecule has 0 amide bonds. The first kappa shape index (κ1) is 8.49. The van der Waals surface area contributed by atoms with Gasteiger partial charge in [-0.2, -0.15) is 0 Å². The lowest BCUT2D eigenvalue weighted by Crippen LogP contribution is -1.90. The van der Waals surface area contributed by atoms with Gasteiger partial charge in [0.15, 0.2) is 5.01 Å². The number of carbonyl (C=O) groups is 1. The molecule has 4 heteroatoms. The third-order valence-electron chi connectivity index (χ3n) is 0.999. The Kier molecular flexibility index (Phi) is 3.32. The molecule has 0 aromatic carbocycles. The number of thiazole rings is 1. The van der Waals surface area contributed by atoms with Gasteiger partial charge >= 0.3 is 0 Å². The molecule has 0 fully saturated rings. The summed E-state index contributed by atoms with van der Waals surface area (Å²) < 4.78 is 0. The van der Waals surface area contributed by atoms with E-state index in [9.17, 15) is 4.79 Å². The van der Waals surface area contributed by atoms with Gasteiger partial charge in [-0.1, -0.05) is 0 Å². The molecule has 1 aromatic heterocycles. The first-order valence-corrected chi connectivity index (χ1v) is 5.14. The van der Waals surface area contributed by atoms with Crippen LogP contribution in [-0.2, 0) is 0 Å². The Labute approximate surface area is 73.3 Å². The van der Waals surface area contributed by atoms with E-state index in [1.807, 2.05) is 6.26 Å². The van der Waals surface area contributed by atoms with Gasteiger partial charge in [0.2, 0.25) is 5.78 Å². The van der Waals surface area contributed by atoms with Gasteiger partial charge in [0.1, 0.15) is 0 Å². The Hall–Kier alpha value is -0.610. The van der Waals surface area contributed by atoms with Crippen molar-refractivity contribution in [2.45, 2.75) is 0 Å². The largest absolute Gasteiger partial charge is 0.287 e. The van der Waals surface area contributed by atoms with Crippen LogP contribution in [0.3, 0.4) is 0 Å². The van der Waals surface area contributed by atoms with Crippen molar-refractivity contribution in [2.24, 2.45) is 0 Å². The molecule has 0 N–H and O–H groups in total. The molecule has 11 heavy (non-hydrogen) atoms. The van der Waals surface area contributed by atoms with Gasteiger partial charge in [0, 0.05) is 11.6 Å². The van der Waals surface area contributed by atoms with E-state index in [2.05, 4.69) is 4.98 Å². The average molecular weight is 185 g/mol. The molecule has 0 spiro atoms. The number of nitrogens with zero attached hydrogens (tertiary/aromatic N) is 1. The lowest BCUT2D eigenvalue weighted by molar-refractivity contribution is 0.104. The van der Waals surface area contributed by atoms with E-state index in [1.165, 1.54) is 29.2 Å². The average Bonchev–Trinajstić information content (AvgIpc) is 2.52. The number of thioether (sulfide) groups is 1. The van der Waals surface area contributed by atoms with E-state index in [0.717, 1.165) is 0 Å². The first-order chi connectivity index (χ1) is 5.34. The highest BCUT2D eigenvalue weighted by molar-refractivity contribution is 8.01. The van der Waals surface area contributed by atoms with Crippen LogP contribution < -0.4 is 0 Å². The van der Waals surface area contributed by atoms with Crippen LogP contribution >= 0.6 is 23.1 Å². The van der Waals surface area contributed by atoms with Crippen molar-refractivity contribution in [2.75, 3.05) is 6.26 Å². The van der Waals surface area contributed by atoms with Crippen molar-refractivity contribution >= 4 is 28.9 Å². The number of aromatic nitrogens is 1. The van der Waals surface area contributed by atoms with Gasteiger partial charge in [-0.25, -0.2) is 4.98 Å². The molecule has 1 aromatic rings. The fraction of sp³-hybridized carbons (Fsp3) is 0.143. The minimum atomic E-state index is -0.0191. The number of hydrogen-bond acceptors (Lipinski definition) is 4. The predicted octanol–water partition coefficient (Wildman–Crippen LogP) is 2.20. The molecule has 0 unspecified atom stereocenters. The van der Waals surface area contributed by atoms with Crippen LogP contribution in [-0.4, -0.2) is 17.0 Å². The highest BCUT2D eigenvalue weighted by Crippen LogP contribution is 2.06. The molecule has 0 aliphatic rings. The SMILES string of the molecule is CSC=CC(=O)c1nccs1. The van der Waals surface area contributed by atoms with Gasteiger partial charge in [-0.05, 0) is 17.7 Å². The Morgan fingerprint density at radius 3 is 3.18 bits per heavy atom. The standard InChI is InChI=1S/C7H7NOS2/c1-10-4-2-6(9)7-8-3-5-11-7/h2-5H,1H3. The quantitative estimate of drug-likeness (QED) is 0.534. The Morgan fingerprint density at radius 2 is 2.64 bits per heavy atom. The Morgan fingerprint density at radius 1 is 1.82 bits per heavy atom. The summed E-state index contributed by atoms with van der Waals surface area (Å²) in [7, 11) is 0. The normalized spacial score (nSPS) is 10.6. The summed E-state index contributed by atoms with van der Waals surface area (Å²) in [6, 6.07) is 0. The summed E-state index contributed by atoms with van der Waals surface area (Å²) in [5, 5.41) is 4.10. The van der Waals surface area contributed by atoms with E-state index in [4.69, 9.17) is 0 Å². The Balaban J connectivity index is 2.64. The van der Waals surface area contributed by atoms with Crippen LogP contribution in [0.1, 0.15) is 9.80 Å². The lowest BCUT2D eigenvalue weighted by atomic mass is 10.4. The van der Waals surface area contributed by atoms with Crippen molar-refractivity contribution in [3.8, 4) is 0 Å². The molecular weight excluding hydrogens is 178 g/mol. The number of allylic oxidation sites excluding steroid dienone is 1. The summed E-state index contributed by atoms with van der Waals surface area (Å²) in [4.78, 5) is 15.0. The van der Waals surface area contributed by atoms with Crippen LogP contribution in [0.15, 0.2) is 23.1 Å². The number of rotatable bonds is 3. The maximum absolute atomic E-state index is 11.1. The van der Waals surface area contributed by atoms with Crippen molar-refractivity contribution in [1.29, 1.82) is 0 Å². The van der Waals surface area contributed by atoms with E-state index in [-0.39, 0.29) is 5.78 Å². The molecule has 0 atom stereocenters. The van der Waals surface area contributed by atoms with E-state index in [1.54, 1.807) is 17.0 Å². The van der Waals surface area contributed by atoms with Gasteiger partial charge in [-0.15, -0.1) is 23.1 Å². The fourth-order valence-corrected chi connectivity index (χ4v) is 1.36. The van der Waals surface area contributed by atoms with Crippen LogP contribution in [0.4, 0.5) is 0 Å². The summed E-state index contributed by atoms with van der Waals surface area (Å²) in [5.74, 6) is -0.0191. The summed E-state index contributed by atoms with van der Waals surface area (Å²) in [5.41, 5.74) is 0. The monoisotopic (exact) mass is 185 g/mol. The van der Waals surface area contributed by atoms with Crippen LogP contribution in [0.5, 0.6) is 0 Å². The molecular formula is C7H7NOS2. The predicted molar refractivity (Wildman–Crippen MR) is 49.1 cm³/mol. The topological polar surface area (TPSA) is 30.0 Å². The molecule has 1 rings (SSSR count). The second kappa shape index (κ2) is 4.31. The van der Waals surface area contributed by atoms with Gasteiger partial charge < -0.3 is 0 Å². The molecule has 0 bridgehead atoms. The van der Waals surface area contributed by atoms with Gasteiger partial charge in [0.05, 0.1) is 0 Å². The van der Waals surface area contributed by atoms with Crippen LogP contribution in [0, 0.1) is 0 Å². The van der Waals surface area contributed by atoms with Crippen molar-refractivity contribution in [3.63, 3.8) is 0 Å². The van der Waals surface area contributed by atoms with Crippen molar-refractivity contribution in [1.82, 2.24) is 4.98 Å². The second-order valence-corrected chi connectivity index (χ2v) is 3.38. The molecule has 0 radical (unpaired) electrons. The van der Waals surface area contributed by atoms with Gasteiger partial charge in [0.25, 0.3) is 0 Å². The minimum Gasteiger partial charge on any atom is -0.287 e. The van der Waals surface area contributed by atoms with Gasteiger partial charge in [-0.3, -0.25) is 4.79 Å². The lowest BCUT2D eigenvalue weighted by Gasteiger charge is -1.83. The van der Waals surface area contributed by atoms with E-state index < -0.39 is 0 Å². The Bertz CT molecular complexity index is 253. The smallest absolute Gasteiger partial charge is 0.214 e. The number of ketones is 1. The van der Waals surface area contributed by atoms with Crippen molar-refractivity contribution < 1.29 is 4.79 Å². The summed E-state index contributed by atoms with van der Waals surface area (Å²) in [6.07, 6.45) is 5.07. The number of carbonyl (C=O) groups excluding carboxylic acids is 1. The summed E-state index contributed by atoms with van der Waals surface area (Å²) in [6.45, 7) is 0. The molecule has 0 saturated heterocycles. The number of hydrogen-bond donors (Lipinski definition) is 0. The van der Waals surface area contributed by atoms with Crippen LogP contribution in [0.2, 0.25) is 0 Å².